The topological polar surface area (TPSA) is 49.4 Å². The molecule has 1 aliphatic heterocycles. The van der Waals surface area contributed by atoms with Crippen LogP contribution in [0.3, 0.4) is 0 Å². The summed E-state index contributed by atoms with van der Waals surface area (Å²) in [5.74, 6) is 0.719. The lowest BCUT2D eigenvalue weighted by molar-refractivity contribution is -0.126. The molecule has 106 valence electrons. The standard InChI is InChI=1S/C15H18N2O2S/c18-13-15(8-4-5-9-15)17(14(19)16-13)10-11-20-12-6-2-1-3-7-12/h1-3,6-7H,4-5,8-11H2,(H,16,18,19). The van der Waals surface area contributed by atoms with E-state index in [9.17, 15) is 9.59 Å². The van der Waals surface area contributed by atoms with Crippen molar-refractivity contribution in [3.05, 3.63) is 30.3 Å². The molecular formula is C15H18N2O2S. The van der Waals surface area contributed by atoms with Gasteiger partial charge in [0.05, 0.1) is 0 Å². The van der Waals surface area contributed by atoms with Crippen LogP contribution in [0.5, 0.6) is 0 Å². The molecule has 1 saturated heterocycles. The van der Waals surface area contributed by atoms with Crippen LogP contribution in [0.4, 0.5) is 4.79 Å². The Kier molecular flexibility index (Phi) is 3.70. The van der Waals surface area contributed by atoms with Gasteiger partial charge in [-0.1, -0.05) is 31.0 Å². The maximum absolute atomic E-state index is 12.1. The third kappa shape index (κ3) is 2.30. The van der Waals surface area contributed by atoms with Gasteiger partial charge in [-0.3, -0.25) is 10.1 Å². The number of benzene rings is 1. The van der Waals surface area contributed by atoms with E-state index >= 15 is 0 Å². The van der Waals surface area contributed by atoms with Crippen LogP contribution in [-0.4, -0.2) is 34.7 Å². The molecule has 1 spiro atoms. The van der Waals surface area contributed by atoms with Gasteiger partial charge in [-0.05, 0) is 25.0 Å². The summed E-state index contributed by atoms with van der Waals surface area (Å²) >= 11 is 1.72. The molecule has 0 radical (unpaired) electrons. The minimum absolute atomic E-state index is 0.0929. The molecule has 0 unspecified atom stereocenters. The Balaban J connectivity index is 1.64. The predicted octanol–water partition coefficient (Wildman–Crippen LogP) is 2.64. The molecule has 3 amide bonds. The molecule has 0 aromatic heterocycles. The lowest BCUT2D eigenvalue weighted by Crippen LogP contribution is -2.48. The SMILES string of the molecule is O=C1NC(=O)C2(CCCC2)N1CCSc1ccccc1. The van der Waals surface area contributed by atoms with Crippen LogP contribution < -0.4 is 5.32 Å². The lowest BCUT2D eigenvalue weighted by Gasteiger charge is -2.31. The first-order chi connectivity index (χ1) is 9.72. The minimum Gasteiger partial charge on any atom is -0.309 e. The van der Waals surface area contributed by atoms with Gasteiger partial charge in [-0.2, -0.15) is 0 Å². The van der Waals surface area contributed by atoms with Crippen molar-refractivity contribution >= 4 is 23.7 Å². The minimum atomic E-state index is -0.547. The quantitative estimate of drug-likeness (QED) is 0.685. The number of thioether (sulfide) groups is 1. The van der Waals surface area contributed by atoms with Gasteiger partial charge < -0.3 is 4.90 Å². The molecule has 1 aliphatic carbocycles. The Bertz CT molecular complexity index is 512. The van der Waals surface area contributed by atoms with E-state index in [2.05, 4.69) is 17.4 Å². The predicted molar refractivity (Wildman–Crippen MR) is 78.6 cm³/mol. The zero-order valence-electron chi connectivity index (χ0n) is 11.3. The van der Waals surface area contributed by atoms with Crippen molar-refractivity contribution in [3.8, 4) is 0 Å². The number of hydrogen-bond donors (Lipinski definition) is 1. The molecule has 5 heteroatoms. The molecule has 3 rings (SSSR count). The Labute approximate surface area is 122 Å². The molecule has 1 saturated carbocycles. The van der Waals surface area contributed by atoms with Crippen molar-refractivity contribution in [1.82, 2.24) is 10.2 Å². The molecule has 0 bridgehead atoms. The average Bonchev–Trinajstić information content (AvgIpc) is 3.02. The van der Waals surface area contributed by atoms with Crippen LogP contribution in [-0.2, 0) is 4.79 Å². The van der Waals surface area contributed by atoms with Gasteiger partial charge in [-0.25, -0.2) is 4.79 Å². The number of carbonyl (C=O) groups is 2. The van der Waals surface area contributed by atoms with Crippen molar-refractivity contribution in [3.63, 3.8) is 0 Å². The van der Waals surface area contributed by atoms with Gasteiger partial charge >= 0.3 is 6.03 Å². The van der Waals surface area contributed by atoms with Gasteiger partial charge in [0, 0.05) is 17.2 Å². The Hall–Kier alpha value is -1.49. The van der Waals surface area contributed by atoms with E-state index in [1.54, 1.807) is 16.7 Å². The molecule has 20 heavy (non-hydrogen) atoms. The fraction of sp³-hybridized carbons (Fsp3) is 0.467. The van der Waals surface area contributed by atoms with E-state index in [0.29, 0.717) is 6.54 Å². The van der Waals surface area contributed by atoms with Gasteiger partial charge in [0.15, 0.2) is 0 Å². The number of urea groups is 1. The molecule has 1 aromatic carbocycles. The summed E-state index contributed by atoms with van der Waals surface area (Å²) in [6.45, 7) is 0.622. The van der Waals surface area contributed by atoms with Crippen LogP contribution in [0.25, 0.3) is 0 Å². The van der Waals surface area contributed by atoms with Crippen LogP contribution in [0.1, 0.15) is 25.7 Å². The fourth-order valence-electron chi connectivity index (χ4n) is 3.14. The molecule has 0 atom stereocenters. The van der Waals surface area contributed by atoms with Crippen LogP contribution in [0.15, 0.2) is 35.2 Å². The summed E-state index contributed by atoms with van der Waals surface area (Å²) < 4.78 is 0. The third-order valence-corrected chi connectivity index (χ3v) is 5.15. The summed E-state index contributed by atoms with van der Waals surface area (Å²) in [6, 6.07) is 9.91. The maximum Gasteiger partial charge on any atom is 0.325 e. The highest BCUT2D eigenvalue weighted by Gasteiger charge is 2.53. The van der Waals surface area contributed by atoms with Crippen molar-refractivity contribution < 1.29 is 9.59 Å². The summed E-state index contributed by atoms with van der Waals surface area (Å²) in [5, 5.41) is 2.49. The van der Waals surface area contributed by atoms with Gasteiger partial charge in [0.2, 0.25) is 0 Å². The summed E-state index contributed by atoms with van der Waals surface area (Å²) in [7, 11) is 0. The van der Waals surface area contributed by atoms with Crippen molar-refractivity contribution in [2.45, 2.75) is 36.1 Å². The van der Waals surface area contributed by atoms with Crippen molar-refractivity contribution in [2.24, 2.45) is 0 Å². The Morgan fingerprint density at radius 1 is 1.15 bits per heavy atom. The highest BCUT2D eigenvalue weighted by molar-refractivity contribution is 7.99. The number of amides is 3. The van der Waals surface area contributed by atoms with Gasteiger partial charge in [0.1, 0.15) is 5.54 Å². The van der Waals surface area contributed by atoms with E-state index in [0.717, 1.165) is 31.4 Å². The van der Waals surface area contributed by atoms with Crippen LogP contribution >= 0.6 is 11.8 Å². The molecular weight excluding hydrogens is 272 g/mol. The average molecular weight is 290 g/mol. The third-order valence-electron chi connectivity index (χ3n) is 4.16. The second kappa shape index (κ2) is 5.48. The number of nitrogens with zero attached hydrogens (tertiary/aromatic N) is 1. The van der Waals surface area contributed by atoms with Crippen molar-refractivity contribution in [1.29, 1.82) is 0 Å². The zero-order valence-corrected chi connectivity index (χ0v) is 12.1. The second-order valence-electron chi connectivity index (χ2n) is 5.31. The second-order valence-corrected chi connectivity index (χ2v) is 6.48. The van der Waals surface area contributed by atoms with E-state index in [-0.39, 0.29) is 11.9 Å². The Morgan fingerprint density at radius 2 is 1.85 bits per heavy atom. The first kappa shape index (κ1) is 13.5. The summed E-state index contributed by atoms with van der Waals surface area (Å²) in [6.07, 6.45) is 3.67. The van der Waals surface area contributed by atoms with Gasteiger partial charge in [-0.15, -0.1) is 11.8 Å². The highest BCUT2D eigenvalue weighted by atomic mass is 32.2. The highest BCUT2D eigenvalue weighted by Crippen LogP contribution is 2.38. The first-order valence-electron chi connectivity index (χ1n) is 7.03. The molecule has 1 N–H and O–H groups in total. The zero-order chi connectivity index (χ0) is 14.0. The van der Waals surface area contributed by atoms with E-state index in [1.807, 2.05) is 18.2 Å². The van der Waals surface area contributed by atoms with Crippen LogP contribution in [0, 0.1) is 0 Å². The summed E-state index contributed by atoms with van der Waals surface area (Å²) in [4.78, 5) is 27.0. The fourth-order valence-corrected chi connectivity index (χ4v) is 4.00. The number of rotatable bonds is 4. The number of nitrogens with one attached hydrogen (secondary N) is 1. The maximum atomic E-state index is 12.1. The van der Waals surface area contributed by atoms with E-state index in [1.165, 1.54) is 4.90 Å². The molecule has 1 heterocycles. The normalized spacial score (nSPS) is 20.7. The smallest absolute Gasteiger partial charge is 0.309 e. The summed E-state index contributed by atoms with van der Waals surface area (Å²) in [5.41, 5.74) is -0.547. The Morgan fingerprint density at radius 3 is 2.55 bits per heavy atom. The largest absolute Gasteiger partial charge is 0.325 e. The number of carbonyl (C=O) groups excluding carboxylic acids is 2. The van der Waals surface area contributed by atoms with Crippen LogP contribution in [0.2, 0.25) is 0 Å². The first-order valence-corrected chi connectivity index (χ1v) is 8.02. The lowest BCUT2D eigenvalue weighted by atomic mass is 9.96. The molecule has 2 aliphatic rings. The monoisotopic (exact) mass is 290 g/mol. The van der Waals surface area contributed by atoms with Crippen molar-refractivity contribution in [2.75, 3.05) is 12.3 Å². The van der Waals surface area contributed by atoms with E-state index < -0.39 is 5.54 Å². The van der Waals surface area contributed by atoms with E-state index in [4.69, 9.17) is 0 Å². The number of hydrogen-bond acceptors (Lipinski definition) is 3. The van der Waals surface area contributed by atoms with Gasteiger partial charge in [0.25, 0.3) is 5.91 Å². The molecule has 4 nitrogen and oxygen atoms in total. The number of imide groups is 1. The molecule has 2 fully saturated rings. The molecule has 1 aromatic rings.